The van der Waals surface area contributed by atoms with E-state index in [-0.39, 0.29) is 5.41 Å². The van der Waals surface area contributed by atoms with E-state index in [0.29, 0.717) is 6.04 Å². The molecular weight excluding hydrogens is 198 g/mol. The van der Waals surface area contributed by atoms with E-state index in [0.717, 1.165) is 32.2 Å². The highest BCUT2D eigenvalue weighted by Crippen LogP contribution is 2.21. The van der Waals surface area contributed by atoms with Gasteiger partial charge in [0.25, 0.3) is 0 Å². The van der Waals surface area contributed by atoms with Crippen LogP contribution in [0.4, 0.5) is 0 Å². The van der Waals surface area contributed by atoms with Crippen LogP contribution in [-0.4, -0.2) is 30.3 Å². The van der Waals surface area contributed by atoms with Gasteiger partial charge in [-0.25, -0.2) is 0 Å². The van der Waals surface area contributed by atoms with E-state index < -0.39 is 0 Å². The summed E-state index contributed by atoms with van der Waals surface area (Å²) in [6.45, 7) is 12.9. The summed E-state index contributed by atoms with van der Waals surface area (Å²) in [6.07, 6.45) is 5.66. The Hall–Kier alpha value is -0.370. The Morgan fingerprint density at radius 2 is 1.94 bits per heavy atom. The number of hydrogen-bond donors (Lipinski definition) is 0. The molecule has 2 heteroatoms. The van der Waals surface area contributed by atoms with Gasteiger partial charge in [-0.15, -0.1) is 0 Å². The topological polar surface area (TPSA) is 20.3 Å². The van der Waals surface area contributed by atoms with Crippen molar-refractivity contribution in [2.45, 2.75) is 66.3 Å². The number of unbranched alkanes of at least 4 members (excludes halogenated alkanes) is 1. The number of nitrogens with zero attached hydrogens (tertiary/aromatic N) is 1. The quantitative estimate of drug-likeness (QED) is 0.562. The van der Waals surface area contributed by atoms with Crippen molar-refractivity contribution in [2.24, 2.45) is 5.41 Å². The summed E-state index contributed by atoms with van der Waals surface area (Å²) < 4.78 is 0. The fourth-order valence-electron chi connectivity index (χ4n) is 1.77. The van der Waals surface area contributed by atoms with Crippen LogP contribution < -0.4 is 0 Å². The Balaban J connectivity index is 4.45. The zero-order valence-electron chi connectivity index (χ0n) is 11.8. The maximum absolute atomic E-state index is 11.2. The molecule has 2 nitrogen and oxygen atoms in total. The van der Waals surface area contributed by atoms with E-state index in [9.17, 15) is 4.79 Å². The van der Waals surface area contributed by atoms with E-state index in [4.69, 9.17) is 0 Å². The average molecular weight is 227 g/mol. The van der Waals surface area contributed by atoms with Crippen LogP contribution >= 0.6 is 0 Å². The molecule has 0 aliphatic carbocycles. The van der Waals surface area contributed by atoms with Crippen LogP contribution in [0.1, 0.15) is 60.3 Å². The molecule has 0 aromatic heterocycles. The first-order valence-corrected chi connectivity index (χ1v) is 6.73. The second kappa shape index (κ2) is 7.83. The van der Waals surface area contributed by atoms with Crippen LogP contribution in [0.25, 0.3) is 0 Å². The van der Waals surface area contributed by atoms with Gasteiger partial charge >= 0.3 is 0 Å². The number of carbonyl (C=O) groups excluding carboxylic acids is 1. The highest BCUT2D eigenvalue weighted by atomic mass is 16.1. The lowest BCUT2D eigenvalue weighted by Crippen LogP contribution is -2.42. The predicted molar refractivity (Wildman–Crippen MR) is 70.7 cm³/mol. The van der Waals surface area contributed by atoms with Gasteiger partial charge in [-0.3, -0.25) is 4.90 Å². The fraction of sp³-hybridized carbons (Fsp3) is 0.929. The molecule has 0 bridgehead atoms. The van der Waals surface area contributed by atoms with Crippen molar-refractivity contribution in [3.8, 4) is 0 Å². The molecule has 0 saturated heterocycles. The Morgan fingerprint density at radius 1 is 1.31 bits per heavy atom. The van der Waals surface area contributed by atoms with Gasteiger partial charge in [0.05, 0.1) is 0 Å². The van der Waals surface area contributed by atoms with E-state index >= 15 is 0 Å². The molecule has 0 rings (SSSR count). The maximum atomic E-state index is 11.2. The second-order valence-electron chi connectivity index (χ2n) is 5.21. The fourth-order valence-corrected chi connectivity index (χ4v) is 1.77. The monoisotopic (exact) mass is 227 g/mol. The minimum atomic E-state index is -0.169. The lowest BCUT2D eigenvalue weighted by atomic mass is 9.88. The predicted octanol–water partition coefficient (Wildman–Crippen LogP) is 3.50. The van der Waals surface area contributed by atoms with E-state index in [1.165, 1.54) is 12.8 Å². The van der Waals surface area contributed by atoms with Crippen LogP contribution in [0.5, 0.6) is 0 Å². The summed E-state index contributed by atoms with van der Waals surface area (Å²) in [4.78, 5) is 13.6. The zero-order valence-corrected chi connectivity index (χ0v) is 11.8. The third-order valence-corrected chi connectivity index (χ3v) is 3.67. The van der Waals surface area contributed by atoms with Crippen molar-refractivity contribution in [2.75, 3.05) is 13.1 Å². The number of aldehydes is 1. The SMILES string of the molecule is CCCCN(CC(C)(C=O)CC)C(C)CC. The minimum absolute atomic E-state index is 0.169. The van der Waals surface area contributed by atoms with Crippen molar-refractivity contribution in [1.29, 1.82) is 0 Å². The Morgan fingerprint density at radius 3 is 2.31 bits per heavy atom. The van der Waals surface area contributed by atoms with Crippen molar-refractivity contribution in [3.63, 3.8) is 0 Å². The lowest BCUT2D eigenvalue weighted by Gasteiger charge is -2.34. The Labute approximate surface area is 101 Å². The van der Waals surface area contributed by atoms with Gasteiger partial charge in [-0.05, 0) is 32.7 Å². The summed E-state index contributed by atoms with van der Waals surface area (Å²) >= 11 is 0. The van der Waals surface area contributed by atoms with Crippen LogP contribution in [0.15, 0.2) is 0 Å². The van der Waals surface area contributed by atoms with E-state index in [2.05, 4.69) is 39.5 Å². The number of hydrogen-bond acceptors (Lipinski definition) is 2. The standard InChI is InChI=1S/C14H29NO/c1-6-9-10-15(13(4)7-2)11-14(5,8-3)12-16/h12-13H,6-11H2,1-5H3. The molecule has 96 valence electrons. The molecular formula is C14H29NO. The van der Waals surface area contributed by atoms with E-state index in [1.54, 1.807) is 0 Å². The Bertz CT molecular complexity index is 193. The maximum Gasteiger partial charge on any atom is 0.127 e. The number of rotatable bonds is 9. The van der Waals surface area contributed by atoms with Gasteiger partial charge < -0.3 is 4.79 Å². The van der Waals surface area contributed by atoms with Gasteiger partial charge in [0.2, 0.25) is 0 Å². The summed E-state index contributed by atoms with van der Waals surface area (Å²) in [5, 5.41) is 0. The molecule has 0 amide bonds. The highest BCUT2D eigenvalue weighted by Gasteiger charge is 2.26. The third-order valence-electron chi connectivity index (χ3n) is 3.67. The van der Waals surface area contributed by atoms with Crippen LogP contribution in [-0.2, 0) is 4.79 Å². The molecule has 0 saturated carbocycles. The summed E-state index contributed by atoms with van der Waals surface area (Å²) in [5.41, 5.74) is -0.169. The Kier molecular flexibility index (Phi) is 7.65. The average Bonchev–Trinajstić information content (AvgIpc) is 2.33. The van der Waals surface area contributed by atoms with Crippen molar-refractivity contribution >= 4 is 6.29 Å². The van der Waals surface area contributed by atoms with Crippen molar-refractivity contribution in [3.05, 3.63) is 0 Å². The van der Waals surface area contributed by atoms with Gasteiger partial charge in [0.15, 0.2) is 0 Å². The van der Waals surface area contributed by atoms with Gasteiger partial charge in [-0.1, -0.05) is 34.1 Å². The molecule has 0 aromatic carbocycles. The molecule has 2 atom stereocenters. The summed E-state index contributed by atoms with van der Waals surface area (Å²) in [7, 11) is 0. The largest absolute Gasteiger partial charge is 0.303 e. The molecule has 16 heavy (non-hydrogen) atoms. The van der Waals surface area contributed by atoms with Gasteiger partial charge in [0, 0.05) is 18.0 Å². The van der Waals surface area contributed by atoms with Crippen LogP contribution in [0.2, 0.25) is 0 Å². The molecule has 0 heterocycles. The molecule has 0 aliphatic rings. The highest BCUT2D eigenvalue weighted by molar-refractivity contribution is 5.58. The smallest absolute Gasteiger partial charge is 0.127 e. The normalized spacial score (nSPS) is 17.1. The van der Waals surface area contributed by atoms with Gasteiger partial charge in [-0.2, -0.15) is 0 Å². The zero-order chi connectivity index (χ0) is 12.6. The van der Waals surface area contributed by atoms with Gasteiger partial charge in [0.1, 0.15) is 6.29 Å². The first-order chi connectivity index (χ1) is 7.52. The van der Waals surface area contributed by atoms with Crippen LogP contribution in [0.3, 0.4) is 0 Å². The molecule has 2 unspecified atom stereocenters. The minimum Gasteiger partial charge on any atom is -0.303 e. The lowest BCUT2D eigenvalue weighted by molar-refractivity contribution is -0.116. The molecule has 0 aromatic rings. The van der Waals surface area contributed by atoms with Crippen LogP contribution in [0, 0.1) is 5.41 Å². The number of carbonyl (C=O) groups is 1. The van der Waals surface area contributed by atoms with Crippen molar-refractivity contribution in [1.82, 2.24) is 4.90 Å². The van der Waals surface area contributed by atoms with E-state index in [1.807, 2.05) is 0 Å². The second-order valence-corrected chi connectivity index (χ2v) is 5.21. The molecule has 0 spiro atoms. The first-order valence-electron chi connectivity index (χ1n) is 6.73. The third kappa shape index (κ3) is 5.11. The van der Waals surface area contributed by atoms with Crippen molar-refractivity contribution < 1.29 is 4.79 Å². The molecule has 0 N–H and O–H groups in total. The summed E-state index contributed by atoms with van der Waals surface area (Å²) in [6, 6.07) is 0.581. The molecule has 0 fully saturated rings. The first kappa shape index (κ1) is 15.6. The summed E-state index contributed by atoms with van der Waals surface area (Å²) in [5.74, 6) is 0. The molecule has 0 radical (unpaired) electrons. The molecule has 0 aliphatic heterocycles.